The van der Waals surface area contributed by atoms with Crippen LogP contribution in [0.1, 0.15) is 11.3 Å². The van der Waals surface area contributed by atoms with Gasteiger partial charge in [0.05, 0.1) is 24.7 Å². The van der Waals surface area contributed by atoms with Crippen LogP contribution in [0.15, 0.2) is 53.4 Å². The first-order chi connectivity index (χ1) is 15.5. The lowest BCUT2D eigenvalue weighted by Crippen LogP contribution is -2.51. The van der Waals surface area contributed by atoms with Crippen LogP contribution in [-0.4, -0.2) is 61.2 Å². The Balaban J connectivity index is 1.50. The zero-order chi connectivity index (χ0) is 22.3. The highest BCUT2D eigenvalue weighted by Gasteiger charge is 2.41. The summed E-state index contributed by atoms with van der Waals surface area (Å²) in [5, 5.41) is 10.2. The molecule has 3 aromatic rings. The maximum atomic E-state index is 13.5. The number of hydrogen-bond acceptors (Lipinski definition) is 6. The van der Waals surface area contributed by atoms with Gasteiger partial charge in [-0.2, -0.15) is 4.31 Å². The number of para-hydroxylation sites is 1. The van der Waals surface area contributed by atoms with Gasteiger partial charge in [0.1, 0.15) is 6.04 Å². The lowest BCUT2D eigenvalue weighted by atomic mass is 9.98. The first-order valence-corrected chi connectivity index (χ1v) is 11.9. The summed E-state index contributed by atoms with van der Waals surface area (Å²) in [5.41, 5.74) is 5.09. The van der Waals surface area contributed by atoms with Crippen molar-refractivity contribution >= 4 is 32.5 Å². The third-order valence-corrected chi connectivity index (χ3v) is 8.06. The highest BCUT2D eigenvalue weighted by molar-refractivity contribution is 7.89. The minimum atomic E-state index is -4.00. The number of anilines is 1. The molecule has 2 aliphatic rings. The molecular formula is C22H24N4O5S. The molecule has 168 valence electrons. The number of aromatic amines is 1. The normalized spacial score (nSPS) is 19.7. The average molecular weight is 457 g/mol. The molecule has 9 nitrogen and oxygen atoms in total. The van der Waals surface area contributed by atoms with Gasteiger partial charge < -0.3 is 14.6 Å². The number of hydroxylamine groups is 1. The summed E-state index contributed by atoms with van der Waals surface area (Å²) >= 11 is 0. The van der Waals surface area contributed by atoms with E-state index in [2.05, 4.69) is 9.88 Å². The van der Waals surface area contributed by atoms with E-state index in [0.29, 0.717) is 13.2 Å². The molecule has 1 aromatic heterocycles. The Labute approximate surface area is 185 Å². The number of carbonyl (C=O) groups is 1. The predicted molar refractivity (Wildman–Crippen MR) is 118 cm³/mol. The van der Waals surface area contributed by atoms with Gasteiger partial charge in [-0.3, -0.25) is 10.0 Å². The quantitative estimate of drug-likeness (QED) is 0.406. The van der Waals surface area contributed by atoms with Crippen LogP contribution in [0, 0.1) is 0 Å². The fourth-order valence-corrected chi connectivity index (χ4v) is 6.08. The SMILES string of the molecule is O=C(NO)[C@H]1Cc2c([nH]c3ccccc23)CN1S(=O)(=O)c1ccc(N2CCOCC2)cc1. The van der Waals surface area contributed by atoms with E-state index in [1.165, 1.54) is 0 Å². The van der Waals surface area contributed by atoms with Crippen LogP contribution < -0.4 is 10.4 Å². The number of morpholine rings is 1. The fraction of sp³-hybridized carbons (Fsp3) is 0.318. The van der Waals surface area contributed by atoms with Crippen molar-refractivity contribution in [2.75, 3.05) is 31.2 Å². The molecule has 5 rings (SSSR count). The van der Waals surface area contributed by atoms with Crippen molar-refractivity contribution in [2.45, 2.75) is 23.9 Å². The van der Waals surface area contributed by atoms with Crippen molar-refractivity contribution in [1.82, 2.24) is 14.8 Å². The lowest BCUT2D eigenvalue weighted by molar-refractivity contribution is -0.133. The summed E-state index contributed by atoms with van der Waals surface area (Å²) in [4.78, 5) is 18.0. The smallest absolute Gasteiger partial charge is 0.262 e. The first-order valence-electron chi connectivity index (χ1n) is 10.5. The molecule has 10 heteroatoms. The molecule has 0 bridgehead atoms. The van der Waals surface area contributed by atoms with Gasteiger partial charge in [-0.05, 0) is 35.9 Å². The molecule has 1 amide bonds. The van der Waals surface area contributed by atoms with Crippen LogP contribution in [0.25, 0.3) is 10.9 Å². The van der Waals surface area contributed by atoms with Crippen LogP contribution in [0.5, 0.6) is 0 Å². The zero-order valence-electron chi connectivity index (χ0n) is 17.3. The topological polar surface area (TPSA) is 115 Å². The maximum Gasteiger partial charge on any atom is 0.262 e. The maximum absolute atomic E-state index is 13.5. The highest BCUT2D eigenvalue weighted by atomic mass is 32.2. The predicted octanol–water partition coefficient (Wildman–Crippen LogP) is 1.63. The fourth-order valence-electron chi connectivity index (χ4n) is 4.52. The number of sulfonamides is 1. The minimum absolute atomic E-state index is 0.00957. The third-order valence-electron chi connectivity index (χ3n) is 6.19. The molecule has 2 aromatic carbocycles. The van der Waals surface area contributed by atoms with Crippen LogP contribution >= 0.6 is 0 Å². The van der Waals surface area contributed by atoms with Crippen LogP contribution in [0.3, 0.4) is 0 Å². The Morgan fingerprint density at radius 2 is 1.81 bits per heavy atom. The van der Waals surface area contributed by atoms with Gasteiger partial charge in [0, 0.05) is 41.8 Å². The molecule has 0 unspecified atom stereocenters. The second-order valence-corrected chi connectivity index (χ2v) is 9.86. The lowest BCUT2D eigenvalue weighted by Gasteiger charge is -2.33. The van der Waals surface area contributed by atoms with Crippen molar-refractivity contribution in [3.05, 3.63) is 59.8 Å². The molecule has 3 heterocycles. The van der Waals surface area contributed by atoms with Gasteiger partial charge in [-0.25, -0.2) is 13.9 Å². The molecule has 0 aliphatic carbocycles. The molecule has 0 radical (unpaired) electrons. The van der Waals surface area contributed by atoms with Gasteiger partial charge in [-0.1, -0.05) is 18.2 Å². The highest BCUT2D eigenvalue weighted by Crippen LogP contribution is 2.34. The van der Waals surface area contributed by atoms with E-state index in [9.17, 15) is 18.4 Å². The molecule has 1 saturated heterocycles. The van der Waals surface area contributed by atoms with Gasteiger partial charge in [0.25, 0.3) is 5.91 Å². The van der Waals surface area contributed by atoms with E-state index in [4.69, 9.17) is 4.74 Å². The minimum Gasteiger partial charge on any atom is -0.378 e. The zero-order valence-corrected chi connectivity index (χ0v) is 18.1. The Morgan fingerprint density at radius 1 is 1.09 bits per heavy atom. The van der Waals surface area contributed by atoms with Crippen LogP contribution in [0.4, 0.5) is 5.69 Å². The number of H-pyrrole nitrogens is 1. The standard InChI is InChI=1S/C22H24N4O5S/c27-22(24-28)21-13-18-17-3-1-2-4-19(17)23-20(18)14-26(21)32(29,30)16-7-5-15(6-8-16)25-9-11-31-12-10-25/h1-8,21,23,28H,9-14H2,(H,24,27)/t21-/m1/s1. The largest absolute Gasteiger partial charge is 0.378 e. The first kappa shape index (κ1) is 21.0. The van der Waals surface area contributed by atoms with Gasteiger partial charge in [0.2, 0.25) is 10.0 Å². The Morgan fingerprint density at radius 3 is 2.53 bits per heavy atom. The Kier molecular flexibility index (Phi) is 5.38. The van der Waals surface area contributed by atoms with Crippen LogP contribution in [0.2, 0.25) is 0 Å². The van der Waals surface area contributed by atoms with E-state index in [-0.39, 0.29) is 17.9 Å². The number of fused-ring (bicyclic) bond motifs is 3. The second kappa shape index (κ2) is 8.21. The molecular weight excluding hydrogens is 432 g/mol. The number of amides is 1. The summed E-state index contributed by atoms with van der Waals surface area (Å²) < 4.78 is 33.6. The number of benzene rings is 2. The number of nitrogens with one attached hydrogen (secondary N) is 2. The monoisotopic (exact) mass is 456 g/mol. The Hall–Kier alpha value is -2.92. The summed E-state index contributed by atoms with van der Waals surface area (Å²) in [5.74, 6) is -0.755. The second-order valence-electron chi connectivity index (χ2n) is 7.97. The van der Waals surface area contributed by atoms with E-state index < -0.39 is 22.0 Å². The van der Waals surface area contributed by atoms with Crippen molar-refractivity contribution in [1.29, 1.82) is 0 Å². The molecule has 1 atom stereocenters. The van der Waals surface area contributed by atoms with E-state index in [1.54, 1.807) is 29.7 Å². The number of aromatic nitrogens is 1. The number of ether oxygens (including phenoxy) is 1. The van der Waals surface area contributed by atoms with Gasteiger partial charge in [-0.15, -0.1) is 0 Å². The molecule has 0 saturated carbocycles. The Bertz CT molecular complexity index is 1250. The van der Waals surface area contributed by atoms with Gasteiger partial charge in [0.15, 0.2) is 0 Å². The molecule has 3 N–H and O–H groups in total. The number of nitrogens with zero attached hydrogens (tertiary/aromatic N) is 2. The van der Waals surface area contributed by atoms with E-state index >= 15 is 0 Å². The molecule has 1 fully saturated rings. The van der Waals surface area contributed by atoms with Crippen molar-refractivity contribution in [3.63, 3.8) is 0 Å². The van der Waals surface area contributed by atoms with Crippen molar-refractivity contribution in [2.24, 2.45) is 0 Å². The van der Waals surface area contributed by atoms with E-state index in [1.807, 2.05) is 24.3 Å². The van der Waals surface area contributed by atoms with Crippen LogP contribution in [-0.2, 0) is 32.5 Å². The van der Waals surface area contributed by atoms with Crippen molar-refractivity contribution in [3.8, 4) is 0 Å². The van der Waals surface area contributed by atoms with E-state index in [0.717, 1.165) is 45.2 Å². The summed E-state index contributed by atoms with van der Waals surface area (Å²) in [7, 11) is -4.00. The summed E-state index contributed by atoms with van der Waals surface area (Å²) in [6.07, 6.45) is 0.164. The third kappa shape index (κ3) is 3.55. The average Bonchev–Trinajstić information content (AvgIpc) is 3.21. The number of rotatable bonds is 4. The van der Waals surface area contributed by atoms with Gasteiger partial charge >= 0.3 is 0 Å². The summed E-state index contributed by atoms with van der Waals surface area (Å²) in [6.45, 7) is 2.78. The van der Waals surface area contributed by atoms with Crippen molar-refractivity contribution < 1.29 is 23.2 Å². The summed E-state index contributed by atoms with van der Waals surface area (Å²) in [6, 6.07) is 13.3. The molecule has 2 aliphatic heterocycles. The number of carbonyl (C=O) groups excluding carboxylic acids is 1. The number of hydrogen-bond donors (Lipinski definition) is 3. The molecule has 32 heavy (non-hydrogen) atoms. The molecule has 0 spiro atoms.